The van der Waals surface area contributed by atoms with Crippen LogP contribution >= 0.6 is 0 Å². The van der Waals surface area contributed by atoms with E-state index in [0.717, 1.165) is 0 Å². The SMILES string of the molecule is O=C1CCOc2c(F)cc(F)c(F)c21. The first-order chi connectivity index (χ1) is 6.61. The molecule has 1 aliphatic heterocycles. The summed E-state index contributed by atoms with van der Waals surface area (Å²) in [4.78, 5) is 11.2. The first-order valence-corrected chi connectivity index (χ1v) is 3.94. The fourth-order valence-electron chi connectivity index (χ4n) is 1.34. The van der Waals surface area contributed by atoms with Gasteiger partial charge in [-0.1, -0.05) is 0 Å². The summed E-state index contributed by atoms with van der Waals surface area (Å²) in [6, 6.07) is 0.368. The molecule has 1 aliphatic rings. The minimum atomic E-state index is -1.37. The number of fused-ring (bicyclic) bond motifs is 1. The van der Waals surface area contributed by atoms with Crippen LogP contribution in [-0.4, -0.2) is 12.4 Å². The fraction of sp³-hybridized carbons (Fsp3) is 0.222. The Kier molecular flexibility index (Phi) is 1.94. The van der Waals surface area contributed by atoms with Crippen molar-refractivity contribution in [2.24, 2.45) is 0 Å². The van der Waals surface area contributed by atoms with Crippen molar-refractivity contribution >= 4 is 5.78 Å². The van der Waals surface area contributed by atoms with Crippen LogP contribution in [-0.2, 0) is 0 Å². The lowest BCUT2D eigenvalue weighted by Gasteiger charge is -2.17. The van der Waals surface area contributed by atoms with Gasteiger partial charge in [-0.2, -0.15) is 0 Å². The number of ether oxygens (including phenoxy) is 1. The van der Waals surface area contributed by atoms with Crippen molar-refractivity contribution in [2.45, 2.75) is 6.42 Å². The van der Waals surface area contributed by atoms with Crippen molar-refractivity contribution in [3.63, 3.8) is 0 Å². The zero-order chi connectivity index (χ0) is 10.3. The summed E-state index contributed by atoms with van der Waals surface area (Å²) >= 11 is 0. The van der Waals surface area contributed by atoms with Crippen molar-refractivity contribution in [3.8, 4) is 5.75 Å². The molecule has 0 radical (unpaired) electrons. The molecule has 0 saturated heterocycles. The number of Topliss-reactive ketones (excluding diaryl/α,β-unsaturated/α-hetero) is 1. The summed E-state index contributed by atoms with van der Waals surface area (Å²) in [7, 11) is 0. The normalized spacial score (nSPS) is 14.9. The maximum Gasteiger partial charge on any atom is 0.173 e. The standard InChI is InChI=1S/C9H5F3O2/c10-4-3-5(11)9-7(8(4)12)6(13)1-2-14-9/h3H,1-2H2. The summed E-state index contributed by atoms with van der Waals surface area (Å²) in [6.45, 7) is -0.00613. The van der Waals surface area contributed by atoms with Gasteiger partial charge in [-0.15, -0.1) is 0 Å². The quantitative estimate of drug-likeness (QED) is 0.602. The molecule has 0 N–H and O–H groups in total. The summed E-state index contributed by atoms with van der Waals surface area (Å²) in [5.74, 6) is -4.89. The monoisotopic (exact) mass is 202 g/mol. The first-order valence-electron chi connectivity index (χ1n) is 3.94. The Morgan fingerprint density at radius 2 is 1.93 bits per heavy atom. The molecule has 5 heteroatoms. The van der Waals surface area contributed by atoms with E-state index in [9.17, 15) is 18.0 Å². The van der Waals surface area contributed by atoms with Gasteiger partial charge in [-0.25, -0.2) is 13.2 Å². The molecule has 2 rings (SSSR count). The molecule has 74 valence electrons. The van der Waals surface area contributed by atoms with Crippen molar-refractivity contribution in [1.82, 2.24) is 0 Å². The molecule has 0 bridgehead atoms. The number of carbonyl (C=O) groups is 1. The van der Waals surface area contributed by atoms with Crippen LogP contribution < -0.4 is 4.74 Å². The third-order valence-electron chi connectivity index (χ3n) is 1.98. The highest BCUT2D eigenvalue weighted by molar-refractivity contribution is 5.99. The third kappa shape index (κ3) is 1.16. The summed E-state index contributed by atoms with van der Waals surface area (Å²) < 4.78 is 43.5. The largest absolute Gasteiger partial charge is 0.489 e. The molecular weight excluding hydrogens is 197 g/mol. The number of rotatable bonds is 0. The second-order valence-corrected chi connectivity index (χ2v) is 2.88. The summed E-state index contributed by atoms with van der Waals surface area (Å²) in [5.41, 5.74) is -0.617. The van der Waals surface area contributed by atoms with Gasteiger partial charge in [0, 0.05) is 12.5 Å². The van der Waals surface area contributed by atoms with Gasteiger partial charge in [0.05, 0.1) is 6.61 Å². The molecule has 14 heavy (non-hydrogen) atoms. The summed E-state index contributed by atoms with van der Waals surface area (Å²) in [5, 5.41) is 0. The lowest BCUT2D eigenvalue weighted by Crippen LogP contribution is -2.19. The van der Waals surface area contributed by atoms with Gasteiger partial charge >= 0.3 is 0 Å². The average Bonchev–Trinajstić information content (AvgIpc) is 2.14. The zero-order valence-corrected chi connectivity index (χ0v) is 6.94. The van der Waals surface area contributed by atoms with Crippen molar-refractivity contribution < 1.29 is 22.7 Å². The lowest BCUT2D eigenvalue weighted by molar-refractivity contribution is 0.0921. The number of hydrogen-bond donors (Lipinski definition) is 0. The van der Waals surface area contributed by atoms with Crippen molar-refractivity contribution in [1.29, 1.82) is 0 Å². The van der Waals surface area contributed by atoms with Gasteiger partial charge in [0.25, 0.3) is 0 Å². The highest BCUT2D eigenvalue weighted by Gasteiger charge is 2.28. The van der Waals surface area contributed by atoms with Gasteiger partial charge in [0.15, 0.2) is 29.0 Å². The molecule has 0 saturated carbocycles. The van der Waals surface area contributed by atoms with Crippen LogP contribution in [0.5, 0.6) is 5.75 Å². The molecule has 1 aromatic rings. The van der Waals surface area contributed by atoms with E-state index in [1.165, 1.54) is 0 Å². The fourth-order valence-corrected chi connectivity index (χ4v) is 1.34. The molecule has 1 aromatic carbocycles. The van der Waals surface area contributed by atoms with E-state index in [1.54, 1.807) is 0 Å². The van der Waals surface area contributed by atoms with Crippen LogP contribution in [0.25, 0.3) is 0 Å². The van der Waals surface area contributed by atoms with Crippen LogP contribution in [0.15, 0.2) is 6.07 Å². The van der Waals surface area contributed by atoms with E-state index >= 15 is 0 Å². The number of ketones is 1. The molecule has 0 fully saturated rings. The highest BCUT2D eigenvalue weighted by Crippen LogP contribution is 2.31. The first kappa shape index (κ1) is 9.05. The number of carbonyl (C=O) groups excluding carboxylic acids is 1. The van der Waals surface area contributed by atoms with E-state index in [2.05, 4.69) is 0 Å². The van der Waals surface area contributed by atoms with Gasteiger partial charge in [-0.3, -0.25) is 4.79 Å². The van der Waals surface area contributed by atoms with Gasteiger partial charge in [0.2, 0.25) is 0 Å². The maximum atomic E-state index is 13.1. The highest BCUT2D eigenvalue weighted by atomic mass is 19.2. The van der Waals surface area contributed by atoms with Crippen molar-refractivity contribution in [2.75, 3.05) is 6.61 Å². The van der Waals surface area contributed by atoms with Gasteiger partial charge in [-0.05, 0) is 0 Å². The molecule has 0 atom stereocenters. The third-order valence-corrected chi connectivity index (χ3v) is 1.98. The van der Waals surface area contributed by atoms with Crippen LogP contribution in [0.4, 0.5) is 13.2 Å². The number of benzene rings is 1. The molecule has 0 amide bonds. The molecule has 0 aromatic heterocycles. The minimum absolute atomic E-state index is 0.00613. The van der Waals surface area contributed by atoms with Crippen LogP contribution in [0.3, 0.4) is 0 Å². The van der Waals surface area contributed by atoms with E-state index in [4.69, 9.17) is 4.74 Å². The zero-order valence-electron chi connectivity index (χ0n) is 6.94. The molecule has 1 heterocycles. The predicted molar refractivity (Wildman–Crippen MR) is 40.8 cm³/mol. The Hall–Kier alpha value is -1.52. The summed E-state index contributed by atoms with van der Waals surface area (Å²) in [6.07, 6.45) is -0.0627. The Morgan fingerprint density at radius 1 is 1.21 bits per heavy atom. The Balaban J connectivity index is 2.73. The number of hydrogen-bond acceptors (Lipinski definition) is 2. The Bertz CT molecular complexity index is 415. The van der Waals surface area contributed by atoms with Crippen LogP contribution in [0.2, 0.25) is 0 Å². The van der Waals surface area contributed by atoms with E-state index < -0.39 is 34.5 Å². The van der Waals surface area contributed by atoms with Crippen molar-refractivity contribution in [3.05, 3.63) is 29.1 Å². The topological polar surface area (TPSA) is 26.3 Å². The smallest absolute Gasteiger partial charge is 0.173 e. The molecule has 0 unspecified atom stereocenters. The molecular formula is C9H5F3O2. The van der Waals surface area contributed by atoms with E-state index in [-0.39, 0.29) is 13.0 Å². The second kappa shape index (κ2) is 3.01. The molecule has 0 spiro atoms. The van der Waals surface area contributed by atoms with E-state index in [1.807, 2.05) is 0 Å². The average molecular weight is 202 g/mol. The maximum absolute atomic E-state index is 13.1. The Labute approximate surface area is 77.3 Å². The molecule has 0 aliphatic carbocycles. The van der Waals surface area contributed by atoms with E-state index in [0.29, 0.717) is 6.07 Å². The Morgan fingerprint density at radius 3 is 2.64 bits per heavy atom. The number of halogens is 3. The van der Waals surface area contributed by atoms with Crippen LogP contribution in [0, 0.1) is 17.5 Å². The molecule has 2 nitrogen and oxygen atoms in total. The minimum Gasteiger partial charge on any atom is -0.489 e. The lowest BCUT2D eigenvalue weighted by atomic mass is 10.0. The predicted octanol–water partition coefficient (Wildman–Crippen LogP) is 2.07. The second-order valence-electron chi connectivity index (χ2n) is 2.88. The van der Waals surface area contributed by atoms with Gasteiger partial charge < -0.3 is 4.74 Å². The van der Waals surface area contributed by atoms with Gasteiger partial charge in [0.1, 0.15) is 5.56 Å². The van der Waals surface area contributed by atoms with Crippen LogP contribution in [0.1, 0.15) is 16.8 Å².